The Morgan fingerprint density at radius 3 is 1.06 bits per heavy atom. The van der Waals surface area contributed by atoms with E-state index < -0.39 is 6.29 Å². The molecule has 0 heterocycles. The number of hydrogen-bond acceptors (Lipinski definition) is 0. The van der Waals surface area contributed by atoms with Gasteiger partial charge in [0.25, 0.3) is 0 Å². The van der Waals surface area contributed by atoms with Gasteiger partial charge in [-0.2, -0.15) is 0 Å². The summed E-state index contributed by atoms with van der Waals surface area (Å²) in [6, 6.07) is 13.0. The molecule has 0 spiro atoms. The number of unbranched alkanes of at least 4 members (excludes halogenated alkanes) is 1. The van der Waals surface area contributed by atoms with Gasteiger partial charge in [-0.3, -0.25) is 0 Å². The van der Waals surface area contributed by atoms with Crippen molar-refractivity contribution in [3.8, 4) is 0 Å². The van der Waals surface area contributed by atoms with E-state index in [0.717, 1.165) is 91.6 Å². The summed E-state index contributed by atoms with van der Waals surface area (Å²) in [5.74, 6) is 13.2. The summed E-state index contributed by atoms with van der Waals surface area (Å²) in [4.78, 5) is 0. The Kier molecular flexibility index (Phi) is 7.32. The second-order valence-electron chi connectivity index (χ2n) is 25.1. The molecular weight excluding hydrogens is 675 g/mol. The van der Waals surface area contributed by atoms with Crippen LogP contribution in [0.25, 0.3) is 0 Å². The average molecular weight is 751 g/mol. The zero-order valence-corrected chi connectivity index (χ0v) is 35.8. The molecule has 16 fully saturated rings. The Labute approximate surface area is 326 Å². The van der Waals surface area contributed by atoms with E-state index >= 15 is 0 Å². The summed E-state index contributed by atoms with van der Waals surface area (Å²) in [5, 5.41) is 2.97. The van der Waals surface area contributed by atoms with Crippen molar-refractivity contribution in [3.05, 3.63) is 35.9 Å². The maximum absolute atomic E-state index is 2.78. The Balaban J connectivity index is 1.17. The van der Waals surface area contributed by atoms with Gasteiger partial charge in [0.1, 0.15) is 0 Å². The van der Waals surface area contributed by atoms with Crippen molar-refractivity contribution in [1.82, 2.24) is 0 Å². The summed E-state index contributed by atoms with van der Waals surface area (Å²) in [7, 11) is -0.0674. The molecule has 0 aliphatic heterocycles. The van der Waals surface area contributed by atoms with E-state index in [2.05, 4.69) is 37.3 Å². The minimum absolute atomic E-state index is 0.0674. The van der Waals surface area contributed by atoms with Crippen LogP contribution < -0.4 is 0 Å². The zero-order chi connectivity index (χ0) is 34.9. The van der Waals surface area contributed by atoms with Gasteiger partial charge in [-0.1, -0.05) is 0 Å². The molecule has 0 saturated heterocycles. The molecule has 0 atom stereocenters. The van der Waals surface area contributed by atoms with Gasteiger partial charge in [0.05, 0.1) is 0 Å². The van der Waals surface area contributed by atoms with E-state index in [0.29, 0.717) is 0 Å². The van der Waals surface area contributed by atoms with Crippen molar-refractivity contribution in [1.29, 1.82) is 0 Å². The van der Waals surface area contributed by atoms with Gasteiger partial charge in [-0.25, -0.2) is 0 Å². The molecule has 17 rings (SSSR count). The molecule has 16 bridgehead atoms. The van der Waals surface area contributed by atoms with E-state index in [-0.39, 0.29) is 7.61 Å². The number of benzene rings is 1. The maximum atomic E-state index is 2.78. The quantitative estimate of drug-likeness (QED) is 0.209. The molecule has 53 heavy (non-hydrogen) atoms. The van der Waals surface area contributed by atoms with Crippen LogP contribution in [0.2, 0.25) is 0 Å². The van der Waals surface area contributed by atoms with Crippen LogP contribution in [0.3, 0.4) is 0 Å². The van der Waals surface area contributed by atoms with Crippen LogP contribution in [0.4, 0.5) is 0 Å². The second-order valence-corrected chi connectivity index (χ2v) is 37.2. The molecule has 1 aromatic rings. The van der Waals surface area contributed by atoms with Gasteiger partial charge in [0.2, 0.25) is 0 Å². The molecule has 0 nitrogen and oxygen atoms in total. The fourth-order valence-electron chi connectivity index (χ4n) is 23.1. The molecule has 16 saturated carbocycles. The van der Waals surface area contributed by atoms with Crippen LogP contribution in [-0.4, -0.2) is 26.8 Å². The molecule has 290 valence electrons. The Bertz CT molecular complexity index is 1390. The summed E-state index contributed by atoms with van der Waals surface area (Å²) < 4.78 is 0. The third-order valence-corrected chi connectivity index (χ3v) is 42.8. The SMILES string of the molecule is CCCCP(Cc1ccccc1)(P(C12CC3CC(CC(C3)C1)C2)C12CC3CC(CC(C3)C1)C2)(C12CC3CC(CC(C3)C1)C2)C12CC3CC(CC(C3)C1)C2. The molecule has 0 aromatic heterocycles. The summed E-state index contributed by atoms with van der Waals surface area (Å²) in [6.45, 7) is 2.67. The Hall–Kier alpha value is 0.0800. The third kappa shape index (κ3) is 4.41. The summed E-state index contributed by atoms with van der Waals surface area (Å²) >= 11 is 0. The number of rotatable bonds is 10. The topological polar surface area (TPSA) is 0 Å². The van der Waals surface area contributed by atoms with Crippen molar-refractivity contribution in [2.24, 2.45) is 71.0 Å². The predicted molar refractivity (Wildman–Crippen MR) is 227 cm³/mol. The van der Waals surface area contributed by atoms with Crippen LogP contribution in [0.5, 0.6) is 0 Å². The van der Waals surface area contributed by atoms with Crippen LogP contribution >= 0.6 is 13.9 Å². The van der Waals surface area contributed by atoms with E-state index in [1.54, 1.807) is 173 Å². The molecule has 0 N–H and O–H groups in total. The van der Waals surface area contributed by atoms with Crippen LogP contribution in [0.1, 0.15) is 179 Å². The molecule has 2 heteroatoms. The van der Waals surface area contributed by atoms with Gasteiger partial charge in [0, 0.05) is 0 Å². The Morgan fingerprint density at radius 1 is 0.453 bits per heavy atom. The van der Waals surface area contributed by atoms with Gasteiger partial charge < -0.3 is 0 Å². The molecule has 16 aliphatic rings. The first kappa shape index (κ1) is 34.0. The molecular formula is C51H76P2. The van der Waals surface area contributed by atoms with E-state index in [4.69, 9.17) is 0 Å². The van der Waals surface area contributed by atoms with Gasteiger partial charge in [-0.05, 0) is 0 Å². The fourth-order valence-corrected chi connectivity index (χ4v) is 52.4. The number of hydrogen-bond donors (Lipinski definition) is 0. The van der Waals surface area contributed by atoms with E-state index in [9.17, 15) is 0 Å². The zero-order valence-electron chi connectivity index (χ0n) is 34.0. The summed E-state index contributed by atoms with van der Waals surface area (Å²) in [6.07, 6.45) is 44.6. The van der Waals surface area contributed by atoms with Gasteiger partial charge in [0.15, 0.2) is 0 Å². The standard InChI is InChI=1S/C51H76P2/c1-2-3-9-53(34-35-7-5-4-6-8-35,50-28-42-16-43(29-50)18-44(17-42)30-50,51-31-45-19-46(32-51)21-47(20-45)33-51)52(48-22-36-10-37(23-48)12-38(11-36)24-48)49-25-39-13-40(26-49)15-41(14-39)27-49/h4-8,36-47H,2-3,9-34H2,1H3. The van der Waals surface area contributed by atoms with E-state index in [1.807, 2.05) is 5.56 Å². The van der Waals surface area contributed by atoms with Crippen molar-refractivity contribution in [2.45, 2.75) is 201 Å². The molecule has 0 unspecified atom stereocenters. The first-order chi connectivity index (χ1) is 25.8. The monoisotopic (exact) mass is 751 g/mol. The van der Waals surface area contributed by atoms with Crippen molar-refractivity contribution in [2.75, 3.05) is 6.16 Å². The molecule has 0 radical (unpaired) electrons. The second kappa shape index (κ2) is 11.4. The van der Waals surface area contributed by atoms with E-state index in [1.165, 1.54) is 6.42 Å². The normalized spacial score (nSPS) is 54.8. The van der Waals surface area contributed by atoms with Crippen LogP contribution in [-0.2, 0) is 6.16 Å². The molecule has 1 aromatic carbocycles. The minimum atomic E-state index is -2.62. The van der Waals surface area contributed by atoms with Gasteiger partial charge >= 0.3 is 328 Å². The molecule has 0 amide bonds. The average Bonchev–Trinajstić information content (AvgIpc) is 3.08. The Morgan fingerprint density at radius 2 is 0.755 bits per heavy atom. The van der Waals surface area contributed by atoms with Crippen molar-refractivity contribution >= 4 is 13.9 Å². The molecule has 16 aliphatic carbocycles. The predicted octanol–water partition coefficient (Wildman–Crippen LogP) is 14.8. The van der Waals surface area contributed by atoms with Gasteiger partial charge in [-0.15, -0.1) is 0 Å². The third-order valence-electron chi connectivity index (χ3n) is 22.0. The van der Waals surface area contributed by atoms with Crippen LogP contribution in [0, 0.1) is 71.0 Å². The van der Waals surface area contributed by atoms with Crippen molar-refractivity contribution < 1.29 is 0 Å². The first-order valence-electron chi connectivity index (χ1n) is 24.6. The van der Waals surface area contributed by atoms with Crippen molar-refractivity contribution in [3.63, 3.8) is 0 Å². The fraction of sp³-hybridized carbons (Fsp3) is 0.882. The van der Waals surface area contributed by atoms with Crippen LogP contribution in [0.15, 0.2) is 30.3 Å². The summed E-state index contributed by atoms with van der Waals surface area (Å²) in [5.41, 5.74) is 1.90. The first-order valence-corrected chi connectivity index (χ1v) is 29.3.